The lowest BCUT2D eigenvalue weighted by atomic mass is 9.91. The maximum Gasteiger partial charge on any atom is 0.255 e. The van der Waals surface area contributed by atoms with Crippen molar-refractivity contribution < 1.29 is 9.59 Å². The number of ketones is 1. The third kappa shape index (κ3) is 3.39. The Hall–Kier alpha value is -2.56. The van der Waals surface area contributed by atoms with E-state index in [0.717, 1.165) is 37.8 Å². The Labute approximate surface area is 153 Å². The van der Waals surface area contributed by atoms with Crippen LogP contribution in [0.15, 0.2) is 36.7 Å². The molecule has 5 nitrogen and oxygen atoms in total. The molecule has 2 aromatic heterocycles. The van der Waals surface area contributed by atoms with Gasteiger partial charge in [-0.3, -0.25) is 19.6 Å². The van der Waals surface area contributed by atoms with Crippen LogP contribution in [0.25, 0.3) is 0 Å². The van der Waals surface area contributed by atoms with E-state index in [1.165, 1.54) is 12.0 Å². The van der Waals surface area contributed by atoms with Gasteiger partial charge in [0.1, 0.15) is 5.69 Å². The summed E-state index contributed by atoms with van der Waals surface area (Å²) in [4.78, 5) is 36.1. The SMILES string of the molecule is O=C(c1ccccn1)C1CCCN(C(=O)c2cnc3c(c2)CCCC3)C1. The summed E-state index contributed by atoms with van der Waals surface area (Å²) in [7, 11) is 0. The number of Topliss-reactive ketones (excluding diaryl/α,β-unsaturated/α-hetero) is 1. The number of fused-ring (bicyclic) bond motifs is 1. The highest BCUT2D eigenvalue weighted by atomic mass is 16.2. The van der Waals surface area contributed by atoms with Crippen molar-refractivity contribution in [2.45, 2.75) is 38.5 Å². The fraction of sp³-hybridized carbons (Fsp3) is 0.429. The van der Waals surface area contributed by atoms with E-state index in [-0.39, 0.29) is 17.6 Å². The van der Waals surface area contributed by atoms with E-state index < -0.39 is 0 Å². The highest BCUT2D eigenvalue weighted by molar-refractivity contribution is 5.98. The fourth-order valence-electron chi connectivity index (χ4n) is 3.98. The molecule has 0 saturated carbocycles. The van der Waals surface area contributed by atoms with Gasteiger partial charge in [-0.25, -0.2) is 0 Å². The minimum atomic E-state index is -0.173. The number of hydrogen-bond acceptors (Lipinski definition) is 4. The lowest BCUT2D eigenvalue weighted by Crippen LogP contribution is -2.42. The van der Waals surface area contributed by atoms with Gasteiger partial charge in [0.2, 0.25) is 0 Å². The number of hydrogen-bond donors (Lipinski definition) is 0. The quantitative estimate of drug-likeness (QED) is 0.799. The van der Waals surface area contributed by atoms with E-state index in [1.807, 2.05) is 12.1 Å². The number of rotatable bonds is 3. The first-order valence-corrected chi connectivity index (χ1v) is 9.44. The molecule has 0 spiro atoms. The second kappa shape index (κ2) is 7.36. The molecule has 0 bridgehead atoms. The van der Waals surface area contributed by atoms with Gasteiger partial charge < -0.3 is 4.90 Å². The Morgan fingerprint density at radius 1 is 1.08 bits per heavy atom. The summed E-state index contributed by atoms with van der Waals surface area (Å²) < 4.78 is 0. The van der Waals surface area contributed by atoms with Crippen molar-refractivity contribution in [1.82, 2.24) is 14.9 Å². The second-order valence-corrected chi connectivity index (χ2v) is 7.21. The molecule has 3 heterocycles. The van der Waals surface area contributed by atoms with Gasteiger partial charge in [0.25, 0.3) is 5.91 Å². The third-order valence-electron chi connectivity index (χ3n) is 5.41. The lowest BCUT2D eigenvalue weighted by Gasteiger charge is -2.32. The molecular weight excluding hydrogens is 326 g/mol. The maximum atomic E-state index is 12.9. The first-order valence-electron chi connectivity index (χ1n) is 9.44. The molecule has 1 amide bonds. The van der Waals surface area contributed by atoms with Crippen molar-refractivity contribution in [3.8, 4) is 0 Å². The van der Waals surface area contributed by atoms with Gasteiger partial charge in [0.05, 0.1) is 5.56 Å². The summed E-state index contributed by atoms with van der Waals surface area (Å²) in [6, 6.07) is 7.38. The topological polar surface area (TPSA) is 63.2 Å². The third-order valence-corrected chi connectivity index (χ3v) is 5.41. The molecule has 1 atom stereocenters. The van der Waals surface area contributed by atoms with Crippen molar-refractivity contribution in [1.29, 1.82) is 0 Å². The number of carbonyl (C=O) groups is 2. The van der Waals surface area contributed by atoms with Crippen molar-refractivity contribution in [2.24, 2.45) is 5.92 Å². The number of nitrogens with zero attached hydrogens (tertiary/aromatic N) is 3. The Morgan fingerprint density at radius 3 is 2.81 bits per heavy atom. The molecule has 0 aromatic carbocycles. The van der Waals surface area contributed by atoms with Gasteiger partial charge in [-0.1, -0.05) is 6.07 Å². The number of amides is 1. The van der Waals surface area contributed by atoms with Crippen LogP contribution in [-0.4, -0.2) is 39.6 Å². The standard InChI is InChI=1S/C21H23N3O2/c25-20(19-9-3-4-10-22-19)16-7-5-11-24(14-16)21(26)17-12-15-6-1-2-8-18(15)23-13-17/h3-4,9-10,12-13,16H,1-2,5-8,11,14H2. The maximum absolute atomic E-state index is 12.9. The number of carbonyl (C=O) groups excluding carboxylic acids is 2. The smallest absolute Gasteiger partial charge is 0.255 e. The second-order valence-electron chi connectivity index (χ2n) is 7.21. The molecular formula is C21H23N3O2. The molecule has 2 aliphatic rings. The van der Waals surface area contributed by atoms with Crippen LogP contribution in [0.3, 0.4) is 0 Å². The van der Waals surface area contributed by atoms with Gasteiger partial charge in [-0.2, -0.15) is 0 Å². The molecule has 0 N–H and O–H groups in total. The average molecular weight is 349 g/mol. The number of likely N-dealkylation sites (tertiary alicyclic amines) is 1. The van der Waals surface area contributed by atoms with E-state index in [2.05, 4.69) is 9.97 Å². The zero-order valence-electron chi connectivity index (χ0n) is 14.9. The van der Waals surface area contributed by atoms with Crippen LogP contribution in [0, 0.1) is 5.92 Å². The van der Waals surface area contributed by atoms with Crippen molar-refractivity contribution in [3.05, 3.63) is 59.2 Å². The van der Waals surface area contributed by atoms with Crippen LogP contribution in [0.4, 0.5) is 0 Å². The Kier molecular flexibility index (Phi) is 4.78. The van der Waals surface area contributed by atoms with E-state index in [0.29, 0.717) is 24.3 Å². The average Bonchev–Trinajstić information content (AvgIpc) is 2.73. The first kappa shape index (κ1) is 16.9. The number of aryl methyl sites for hydroxylation is 2. The van der Waals surface area contributed by atoms with Crippen LogP contribution in [0.2, 0.25) is 0 Å². The number of piperidine rings is 1. The first-order chi connectivity index (χ1) is 12.7. The summed E-state index contributed by atoms with van der Waals surface area (Å²) >= 11 is 0. The van der Waals surface area contributed by atoms with Gasteiger partial charge in [-0.05, 0) is 62.3 Å². The highest BCUT2D eigenvalue weighted by Crippen LogP contribution is 2.24. The van der Waals surface area contributed by atoms with E-state index in [4.69, 9.17) is 0 Å². The molecule has 0 radical (unpaired) electrons. The van der Waals surface area contributed by atoms with Crippen LogP contribution < -0.4 is 0 Å². The Balaban J connectivity index is 1.49. The van der Waals surface area contributed by atoms with Crippen molar-refractivity contribution in [2.75, 3.05) is 13.1 Å². The zero-order chi connectivity index (χ0) is 17.9. The molecule has 1 fully saturated rings. The number of pyridine rings is 2. The summed E-state index contributed by atoms with van der Waals surface area (Å²) in [6.07, 6.45) is 9.34. The largest absolute Gasteiger partial charge is 0.338 e. The zero-order valence-corrected chi connectivity index (χ0v) is 14.9. The summed E-state index contributed by atoms with van der Waals surface area (Å²) in [5.41, 5.74) is 3.48. The predicted molar refractivity (Wildman–Crippen MR) is 98.1 cm³/mol. The fourth-order valence-corrected chi connectivity index (χ4v) is 3.98. The van der Waals surface area contributed by atoms with Crippen LogP contribution >= 0.6 is 0 Å². The van der Waals surface area contributed by atoms with Gasteiger partial charge >= 0.3 is 0 Å². The summed E-state index contributed by atoms with van der Waals surface area (Å²) in [5, 5.41) is 0. The van der Waals surface area contributed by atoms with Crippen LogP contribution in [-0.2, 0) is 12.8 Å². The van der Waals surface area contributed by atoms with Crippen LogP contribution in [0.1, 0.15) is 57.8 Å². The van der Waals surface area contributed by atoms with E-state index >= 15 is 0 Å². The van der Waals surface area contributed by atoms with Gasteiger partial charge in [-0.15, -0.1) is 0 Å². The molecule has 1 aliphatic heterocycles. The molecule has 1 unspecified atom stereocenters. The molecule has 5 heteroatoms. The normalized spacial score (nSPS) is 19.7. The minimum absolute atomic E-state index is 0.00982. The van der Waals surface area contributed by atoms with Crippen LogP contribution in [0.5, 0.6) is 0 Å². The molecule has 26 heavy (non-hydrogen) atoms. The molecule has 4 rings (SSSR count). The van der Waals surface area contributed by atoms with Crippen molar-refractivity contribution >= 4 is 11.7 Å². The van der Waals surface area contributed by atoms with Crippen molar-refractivity contribution in [3.63, 3.8) is 0 Å². The minimum Gasteiger partial charge on any atom is -0.338 e. The summed E-state index contributed by atoms with van der Waals surface area (Å²) in [5.74, 6) is -0.149. The molecule has 1 saturated heterocycles. The van der Waals surface area contributed by atoms with Gasteiger partial charge in [0, 0.05) is 37.1 Å². The molecule has 2 aromatic rings. The molecule has 134 valence electrons. The monoisotopic (exact) mass is 349 g/mol. The highest BCUT2D eigenvalue weighted by Gasteiger charge is 2.30. The van der Waals surface area contributed by atoms with Gasteiger partial charge in [0.15, 0.2) is 5.78 Å². The number of aromatic nitrogens is 2. The molecule has 1 aliphatic carbocycles. The Morgan fingerprint density at radius 2 is 1.96 bits per heavy atom. The van der Waals surface area contributed by atoms with E-state index in [9.17, 15) is 9.59 Å². The predicted octanol–water partition coefficient (Wildman–Crippen LogP) is 3.09. The summed E-state index contributed by atoms with van der Waals surface area (Å²) in [6.45, 7) is 1.16. The Bertz CT molecular complexity index is 819. The lowest BCUT2D eigenvalue weighted by molar-refractivity contribution is 0.0635. The van der Waals surface area contributed by atoms with E-state index in [1.54, 1.807) is 29.4 Å².